The minimum absolute atomic E-state index is 0.432. The van der Waals surface area contributed by atoms with Gasteiger partial charge in [0, 0.05) is 13.1 Å². The molecule has 0 radical (unpaired) electrons. The Labute approximate surface area is 70.8 Å². The van der Waals surface area contributed by atoms with Gasteiger partial charge in [-0.15, -0.1) is 0 Å². The highest BCUT2D eigenvalue weighted by atomic mass is 16.4. The first-order valence-corrected chi connectivity index (χ1v) is 4.12. The molecule has 0 amide bonds. The molecule has 2 aliphatic rings. The standard InChI is InChI=1S/C9H11NO2/c11-9(12)7-3-1-2-6-4-10-5-8(6)7/h1,3,6,10H,2,4-5H2,(H,11,12). The minimum Gasteiger partial charge on any atom is -0.478 e. The van der Waals surface area contributed by atoms with Gasteiger partial charge in [-0.2, -0.15) is 0 Å². The average Bonchev–Trinajstić information content (AvgIpc) is 2.49. The molecule has 64 valence electrons. The van der Waals surface area contributed by atoms with Gasteiger partial charge in [-0.05, 0) is 17.9 Å². The molecular formula is C9H11NO2. The van der Waals surface area contributed by atoms with Crippen molar-refractivity contribution in [2.75, 3.05) is 13.1 Å². The van der Waals surface area contributed by atoms with Crippen molar-refractivity contribution in [3.05, 3.63) is 23.3 Å². The lowest BCUT2D eigenvalue weighted by molar-refractivity contribution is -0.132. The maximum absolute atomic E-state index is 10.8. The van der Waals surface area contributed by atoms with E-state index in [-0.39, 0.29) is 0 Å². The highest BCUT2D eigenvalue weighted by Crippen LogP contribution is 2.27. The third kappa shape index (κ3) is 1.06. The van der Waals surface area contributed by atoms with Gasteiger partial charge < -0.3 is 10.4 Å². The number of hydrogen-bond donors (Lipinski definition) is 2. The number of carbonyl (C=O) groups is 1. The fraction of sp³-hybridized carbons (Fsp3) is 0.444. The van der Waals surface area contributed by atoms with E-state index in [9.17, 15) is 4.79 Å². The van der Waals surface area contributed by atoms with Gasteiger partial charge in [0.05, 0.1) is 5.57 Å². The SMILES string of the molecule is O=C(O)C1=C2CNCC2CC=C1. The van der Waals surface area contributed by atoms with Crippen LogP contribution < -0.4 is 5.32 Å². The lowest BCUT2D eigenvalue weighted by atomic mass is 9.90. The monoisotopic (exact) mass is 165 g/mol. The molecule has 0 saturated carbocycles. The summed E-state index contributed by atoms with van der Waals surface area (Å²) >= 11 is 0. The molecule has 3 nitrogen and oxygen atoms in total. The maximum Gasteiger partial charge on any atom is 0.335 e. The Hall–Kier alpha value is -1.09. The summed E-state index contributed by atoms with van der Waals surface area (Å²) in [4.78, 5) is 10.8. The first-order chi connectivity index (χ1) is 5.79. The number of rotatable bonds is 1. The molecule has 1 unspecified atom stereocenters. The molecule has 2 rings (SSSR count). The summed E-state index contributed by atoms with van der Waals surface area (Å²) in [5, 5.41) is 12.0. The van der Waals surface area contributed by atoms with Gasteiger partial charge in [0.25, 0.3) is 0 Å². The molecule has 3 heteroatoms. The second kappa shape index (κ2) is 2.75. The normalized spacial score (nSPS) is 27.5. The van der Waals surface area contributed by atoms with Crippen molar-refractivity contribution < 1.29 is 9.90 Å². The van der Waals surface area contributed by atoms with Crippen molar-refractivity contribution in [3.63, 3.8) is 0 Å². The molecule has 1 fully saturated rings. The Kier molecular flexibility index (Phi) is 1.73. The van der Waals surface area contributed by atoms with Gasteiger partial charge in [-0.1, -0.05) is 12.2 Å². The summed E-state index contributed by atoms with van der Waals surface area (Å²) < 4.78 is 0. The first kappa shape index (κ1) is 7.55. The molecule has 0 aromatic carbocycles. The fourth-order valence-corrected chi connectivity index (χ4v) is 1.86. The van der Waals surface area contributed by atoms with E-state index >= 15 is 0 Å². The lowest BCUT2D eigenvalue weighted by Gasteiger charge is -2.14. The lowest BCUT2D eigenvalue weighted by Crippen LogP contribution is -2.12. The summed E-state index contributed by atoms with van der Waals surface area (Å²) in [6.45, 7) is 1.67. The molecule has 0 aromatic rings. The molecular weight excluding hydrogens is 154 g/mol. The van der Waals surface area contributed by atoms with Crippen LogP contribution in [-0.4, -0.2) is 24.2 Å². The molecule has 1 atom stereocenters. The second-order valence-corrected chi connectivity index (χ2v) is 3.21. The molecule has 2 N–H and O–H groups in total. The van der Waals surface area contributed by atoms with Crippen LogP contribution in [0.5, 0.6) is 0 Å². The zero-order chi connectivity index (χ0) is 8.55. The maximum atomic E-state index is 10.8. The van der Waals surface area contributed by atoms with Gasteiger partial charge in [-0.3, -0.25) is 0 Å². The number of carboxylic acid groups (broad SMARTS) is 1. The zero-order valence-electron chi connectivity index (χ0n) is 6.71. The zero-order valence-corrected chi connectivity index (χ0v) is 6.71. The Morgan fingerprint density at radius 2 is 2.50 bits per heavy atom. The molecule has 0 bridgehead atoms. The van der Waals surface area contributed by atoms with E-state index in [1.807, 2.05) is 6.08 Å². The highest BCUT2D eigenvalue weighted by molar-refractivity contribution is 5.91. The highest BCUT2D eigenvalue weighted by Gasteiger charge is 2.26. The number of fused-ring (bicyclic) bond motifs is 1. The van der Waals surface area contributed by atoms with Crippen LogP contribution in [0.25, 0.3) is 0 Å². The third-order valence-corrected chi connectivity index (χ3v) is 2.48. The number of allylic oxidation sites excluding steroid dienone is 1. The molecule has 1 saturated heterocycles. The van der Waals surface area contributed by atoms with E-state index in [0.29, 0.717) is 11.5 Å². The van der Waals surface area contributed by atoms with Crippen LogP contribution >= 0.6 is 0 Å². The van der Waals surface area contributed by atoms with Crippen molar-refractivity contribution in [1.82, 2.24) is 5.32 Å². The topological polar surface area (TPSA) is 49.3 Å². The van der Waals surface area contributed by atoms with Gasteiger partial charge in [-0.25, -0.2) is 4.79 Å². The van der Waals surface area contributed by atoms with Crippen molar-refractivity contribution >= 4 is 5.97 Å². The average molecular weight is 165 g/mol. The molecule has 0 aromatic heterocycles. The van der Waals surface area contributed by atoms with E-state index < -0.39 is 5.97 Å². The Balaban J connectivity index is 2.38. The fourth-order valence-electron chi connectivity index (χ4n) is 1.86. The Morgan fingerprint density at radius 3 is 3.25 bits per heavy atom. The smallest absolute Gasteiger partial charge is 0.335 e. The van der Waals surface area contributed by atoms with Crippen LogP contribution in [0, 0.1) is 5.92 Å². The Morgan fingerprint density at radius 1 is 1.67 bits per heavy atom. The Bertz CT molecular complexity index is 278. The molecule has 12 heavy (non-hydrogen) atoms. The summed E-state index contributed by atoms with van der Waals surface area (Å²) in [6, 6.07) is 0. The number of nitrogens with one attached hydrogen (secondary N) is 1. The summed E-state index contributed by atoms with van der Waals surface area (Å²) in [7, 11) is 0. The van der Waals surface area contributed by atoms with Crippen LogP contribution in [0.1, 0.15) is 6.42 Å². The van der Waals surface area contributed by atoms with Gasteiger partial charge in [0.1, 0.15) is 0 Å². The van der Waals surface area contributed by atoms with Crippen molar-refractivity contribution in [1.29, 1.82) is 0 Å². The van der Waals surface area contributed by atoms with Gasteiger partial charge in [0.2, 0.25) is 0 Å². The third-order valence-electron chi connectivity index (χ3n) is 2.48. The van der Waals surface area contributed by atoms with Gasteiger partial charge in [0.15, 0.2) is 0 Å². The second-order valence-electron chi connectivity index (χ2n) is 3.21. The first-order valence-electron chi connectivity index (χ1n) is 4.12. The number of carboxylic acids is 1. The van der Waals surface area contributed by atoms with E-state index in [1.165, 1.54) is 0 Å². The molecule has 1 aliphatic heterocycles. The molecule has 1 heterocycles. The van der Waals surface area contributed by atoms with E-state index in [0.717, 1.165) is 25.1 Å². The molecule has 1 aliphatic carbocycles. The van der Waals surface area contributed by atoms with Crippen LogP contribution in [0.3, 0.4) is 0 Å². The van der Waals surface area contributed by atoms with Crippen LogP contribution in [0.15, 0.2) is 23.3 Å². The van der Waals surface area contributed by atoms with Crippen molar-refractivity contribution in [3.8, 4) is 0 Å². The molecule has 0 spiro atoms. The van der Waals surface area contributed by atoms with Crippen LogP contribution in [0.4, 0.5) is 0 Å². The number of aliphatic carboxylic acids is 1. The van der Waals surface area contributed by atoms with E-state index in [1.54, 1.807) is 6.08 Å². The van der Waals surface area contributed by atoms with E-state index in [4.69, 9.17) is 5.11 Å². The predicted molar refractivity (Wildman–Crippen MR) is 44.8 cm³/mol. The van der Waals surface area contributed by atoms with Crippen LogP contribution in [0.2, 0.25) is 0 Å². The van der Waals surface area contributed by atoms with Crippen molar-refractivity contribution in [2.45, 2.75) is 6.42 Å². The number of hydrogen-bond acceptors (Lipinski definition) is 2. The van der Waals surface area contributed by atoms with E-state index in [2.05, 4.69) is 5.32 Å². The van der Waals surface area contributed by atoms with Gasteiger partial charge >= 0.3 is 5.97 Å². The minimum atomic E-state index is -0.797. The summed E-state index contributed by atoms with van der Waals surface area (Å²) in [5.41, 5.74) is 1.57. The summed E-state index contributed by atoms with van der Waals surface area (Å²) in [5.74, 6) is -0.365. The van der Waals surface area contributed by atoms with Crippen molar-refractivity contribution in [2.24, 2.45) is 5.92 Å². The largest absolute Gasteiger partial charge is 0.478 e. The van der Waals surface area contributed by atoms with Crippen LogP contribution in [-0.2, 0) is 4.79 Å². The predicted octanol–water partition coefficient (Wildman–Crippen LogP) is 0.547. The quantitative estimate of drug-likeness (QED) is 0.596. The summed E-state index contributed by atoms with van der Waals surface area (Å²) in [6.07, 6.45) is 4.66.